The average molecular weight is 351 g/mol. The average Bonchev–Trinajstić information content (AvgIpc) is 2.89. The predicted molar refractivity (Wildman–Crippen MR) is 81.0 cm³/mol. The molecule has 1 aromatic carbocycles. The van der Waals surface area contributed by atoms with E-state index in [2.05, 4.69) is 41.2 Å². The van der Waals surface area contributed by atoms with Crippen LogP contribution < -0.4 is 10.2 Å². The number of hydrogen-bond acceptors (Lipinski definition) is 5. The van der Waals surface area contributed by atoms with Crippen molar-refractivity contribution in [3.8, 4) is 0 Å². The summed E-state index contributed by atoms with van der Waals surface area (Å²) >= 11 is 3.20. The molecule has 0 unspecified atom stereocenters. The zero-order chi connectivity index (χ0) is 14.6. The van der Waals surface area contributed by atoms with Crippen LogP contribution in [0.1, 0.15) is 0 Å². The molecule has 21 heavy (non-hydrogen) atoms. The minimum atomic E-state index is -0.332. The zero-order valence-corrected chi connectivity index (χ0v) is 12.8. The number of likely N-dealkylation sites (N-methyl/N-ethyl adjacent to an activating group) is 1. The molecule has 4 rings (SSSR count). The molecule has 0 aliphatic carbocycles. The number of aromatic nitrogens is 4. The van der Waals surface area contributed by atoms with Gasteiger partial charge in [-0.05, 0) is 29.0 Å². The van der Waals surface area contributed by atoms with Crippen molar-refractivity contribution in [2.75, 3.05) is 25.0 Å². The van der Waals surface area contributed by atoms with Gasteiger partial charge in [0.2, 0.25) is 5.95 Å². The molecule has 0 amide bonds. The van der Waals surface area contributed by atoms with E-state index in [-0.39, 0.29) is 5.82 Å². The molecule has 108 valence electrons. The Bertz CT molecular complexity index is 841. The fraction of sp³-hybridized carbons (Fsp3) is 0.308. The second-order valence-corrected chi connectivity index (χ2v) is 5.94. The van der Waals surface area contributed by atoms with E-state index in [0.717, 1.165) is 18.5 Å². The first-order valence-corrected chi connectivity index (χ1v) is 7.37. The van der Waals surface area contributed by atoms with Crippen molar-refractivity contribution >= 4 is 38.4 Å². The van der Waals surface area contributed by atoms with Crippen LogP contribution in [0.15, 0.2) is 22.9 Å². The summed E-state index contributed by atoms with van der Waals surface area (Å²) in [6.07, 6.45) is 1.49. The van der Waals surface area contributed by atoms with Crippen molar-refractivity contribution in [3.05, 3.63) is 28.7 Å². The summed E-state index contributed by atoms with van der Waals surface area (Å²) in [5.41, 5.74) is 1.27. The number of hydrogen-bond donors (Lipinski definition) is 1. The lowest BCUT2D eigenvalue weighted by molar-refractivity contribution is 0.440. The summed E-state index contributed by atoms with van der Waals surface area (Å²) in [6, 6.07) is 3.56. The Balaban J connectivity index is 1.93. The Morgan fingerprint density at radius 2 is 2.19 bits per heavy atom. The minimum absolute atomic E-state index is 0.332. The summed E-state index contributed by atoms with van der Waals surface area (Å²) in [6.45, 7) is 1.70. The lowest BCUT2D eigenvalue weighted by Gasteiger charge is -2.39. The number of anilines is 1. The van der Waals surface area contributed by atoms with E-state index in [4.69, 9.17) is 0 Å². The third kappa shape index (κ3) is 1.90. The minimum Gasteiger partial charge on any atom is -0.337 e. The molecule has 3 aromatic rings. The number of nitrogens with one attached hydrogen (secondary N) is 1. The molecule has 1 saturated heterocycles. The van der Waals surface area contributed by atoms with Gasteiger partial charge in [-0.1, -0.05) is 0 Å². The van der Waals surface area contributed by atoms with Gasteiger partial charge in [0, 0.05) is 30.6 Å². The lowest BCUT2D eigenvalue weighted by atomic mass is 10.1. The first-order chi connectivity index (χ1) is 10.2. The Labute approximate surface area is 128 Å². The maximum atomic E-state index is 13.8. The standard InChI is InChI=1S/C13H12BrFN6/c1-16-7-4-20(5-7)13-19-11-3-10(15)9(14)2-8(11)12-17-6-18-21(12)13/h2-3,6-7,16H,4-5H2,1H3. The molecule has 0 bridgehead atoms. The molecule has 6 nitrogen and oxygen atoms in total. The summed E-state index contributed by atoms with van der Waals surface area (Å²) in [4.78, 5) is 11.0. The van der Waals surface area contributed by atoms with Gasteiger partial charge in [-0.2, -0.15) is 9.61 Å². The molecule has 1 aliphatic heterocycles. The predicted octanol–water partition coefficient (Wildman–Crippen LogP) is 1.59. The summed E-state index contributed by atoms with van der Waals surface area (Å²) in [5, 5.41) is 8.24. The third-order valence-electron chi connectivity index (χ3n) is 3.81. The highest BCUT2D eigenvalue weighted by molar-refractivity contribution is 9.10. The van der Waals surface area contributed by atoms with Crippen LogP contribution in [0, 0.1) is 5.82 Å². The molecular weight excluding hydrogens is 339 g/mol. The molecule has 3 heterocycles. The Kier molecular flexibility index (Phi) is 2.83. The van der Waals surface area contributed by atoms with Crippen molar-refractivity contribution in [2.45, 2.75) is 6.04 Å². The van der Waals surface area contributed by atoms with E-state index < -0.39 is 0 Å². The van der Waals surface area contributed by atoms with Gasteiger partial charge in [-0.25, -0.2) is 14.4 Å². The van der Waals surface area contributed by atoms with Gasteiger partial charge in [-0.15, -0.1) is 0 Å². The maximum absolute atomic E-state index is 13.8. The quantitative estimate of drug-likeness (QED) is 0.760. The number of fused-ring (bicyclic) bond motifs is 3. The van der Waals surface area contributed by atoms with Gasteiger partial charge in [0.25, 0.3) is 0 Å². The topological polar surface area (TPSA) is 58.3 Å². The van der Waals surface area contributed by atoms with Crippen LogP contribution in [0.3, 0.4) is 0 Å². The van der Waals surface area contributed by atoms with Gasteiger partial charge in [0.1, 0.15) is 12.1 Å². The highest BCUT2D eigenvalue weighted by atomic mass is 79.9. The normalized spacial score (nSPS) is 15.9. The summed E-state index contributed by atoms with van der Waals surface area (Å²) in [7, 11) is 1.94. The highest BCUT2D eigenvalue weighted by Crippen LogP contribution is 2.28. The molecule has 1 fully saturated rings. The molecule has 1 aliphatic rings. The Morgan fingerprint density at radius 3 is 2.95 bits per heavy atom. The fourth-order valence-electron chi connectivity index (χ4n) is 2.56. The van der Waals surface area contributed by atoms with Crippen molar-refractivity contribution in [1.29, 1.82) is 0 Å². The van der Waals surface area contributed by atoms with Crippen LogP contribution in [-0.2, 0) is 0 Å². The van der Waals surface area contributed by atoms with Crippen molar-refractivity contribution < 1.29 is 4.39 Å². The molecule has 2 aromatic heterocycles. The zero-order valence-electron chi connectivity index (χ0n) is 11.2. The van der Waals surface area contributed by atoms with Crippen LogP contribution >= 0.6 is 15.9 Å². The smallest absolute Gasteiger partial charge is 0.229 e. The van der Waals surface area contributed by atoms with Gasteiger partial charge >= 0.3 is 0 Å². The fourth-order valence-corrected chi connectivity index (χ4v) is 2.91. The molecule has 0 radical (unpaired) electrons. The molecular formula is C13H12BrFN6. The van der Waals surface area contributed by atoms with E-state index in [1.54, 1.807) is 10.6 Å². The van der Waals surface area contributed by atoms with E-state index in [0.29, 0.717) is 27.6 Å². The number of nitrogens with zero attached hydrogens (tertiary/aromatic N) is 5. The van der Waals surface area contributed by atoms with Crippen LogP contribution in [0.4, 0.5) is 10.3 Å². The van der Waals surface area contributed by atoms with Crippen molar-refractivity contribution in [1.82, 2.24) is 24.9 Å². The molecule has 0 atom stereocenters. The molecule has 0 saturated carbocycles. The van der Waals surface area contributed by atoms with Gasteiger partial charge < -0.3 is 10.2 Å². The lowest BCUT2D eigenvalue weighted by Crippen LogP contribution is -2.58. The van der Waals surface area contributed by atoms with E-state index >= 15 is 0 Å². The van der Waals surface area contributed by atoms with Crippen LogP contribution in [0.25, 0.3) is 16.6 Å². The van der Waals surface area contributed by atoms with E-state index in [1.807, 2.05) is 7.05 Å². The van der Waals surface area contributed by atoms with Gasteiger partial charge in [-0.3, -0.25) is 0 Å². The number of benzene rings is 1. The van der Waals surface area contributed by atoms with Crippen LogP contribution in [0.2, 0.25) is 0 Å². The van der Waals surface area contributed by atoms with Crippen LogP contribution in [0.5, 0.6) is 0 Å². The van der Waals surface area contributed by atoms with Gasteiger partial charge in [0.05, 0.1) is 9.99 Å². The highest BCUT2D eigenvalue weighted by Gasteiger charge is 2.29. The number of rotatable bonds is 2. The second-order valence-electron chi connectivity index (χ2n) is 5.08. The third-order valence-corrected chi connectivity index (χ3v) is 4.42. The maximum Gasteiger partial charge on any atom is 0.229 e. The molecule has 8 heteroatoms. The monoisotopic (exact) mass is 350 g/mol. The largest absolute Gasteiger partial charge is 0.337 e. The Hall–Kier alpha value is -1.80. The van der Waals surface area contributed by atoms with Crippen LogP contribution in [-0.4, -0.2) is 45.8 Å². The van der Waals surface area contributed by atoms with Crippen molar-refractivity contribution in [2.24, 2.45) is 0 Å². The molecule has 0 spiro atoms. The van der Waals surface area contributed by atoms with E-state index in [1.165, 1.54) is 12.4 Å². The van der Waals surface area contributed by atoms with E-state index in [9.17, 15) is 4.39 Å². The number of halogens is 2. The molecule has 1 N–H and O–H groups in total. The summed E-state index contributed by atoms with van der Waals surface area (Å²) in [5.74, 6) is 0.366. The van der Waals surface area contributed by atoms with Crippen molar-refractivity contribution in [3.63, 3.8) is 0 Å². The summed E-state index contributed by atoms with van der Waals surface area (Å²) < 4.78 is 15.9. The SMILES string of the molecule is CNC1CN(c2nc3cc(F)c(Br)cc3c3ncnn23)C1. The first-order valence-electron chi connectivity index (χ1n) is 6.58. The second kappa shape index (κ2) is 4.60. The first kappa shape index (κ1) is 12.9. The van der Waals surface area contributed by atoms with Gasteiger partial charge in [0.15, 0.2) is 5.65 Å². The Morgan fingerprint density at radius 1 is 1.38 bits per heavy atom.